The van der Waals surface area contributed by atoms with Gasteiger partial charge in [0.15, 0.2) is 0 Å². The van der Waals surface area contributed by atoms with Crippen LogP contribution in [-0.2, 0) is 15.5 Å². The Bertz CT molecular complexity index is 967. The van der Waals surface area contributed by atoms with Crippen LogP contribution in [0.2, 0.25) is 0 Å². The molecule has 2 aromatic rings. The second-order valence-corrected chi connectivity index (χ2v) is 9.37. The number of phenolic OH excluding ortho intramolecular Hbond substituents is 1. The van der Waals surface area contributed by atoms with Crippen LogP contribution < -0.4 is 21.0 Å². The molecule has 0 heterocycles. The molecule has 0 aromatic heterocycles. The maximum absolute atomic E-state index is 12.2. The lowest BCUT2D eigenvalue weighted by Gasteiger charge is -2.16. The van der Waals surface area contributed by atoms with Crippen molar-refractivity contribution in [1.29, 1.82) is 0 Å². The van der Waals surface area contributed by atoms with Gasteiger partial charge in [0, 0.05) is 19.4 Å². The zero-order chi connectivity index (χ0) is 21.8. The van der Waals surface area contributed by atoms with Crippen LogP contribution in [0.25, 0.3) is 0 Å². The van der Waals surface area contributed by atoms with Gasteiger partial charge in [-0.1, -0.05) is 12.1 Å². The van der Waals surface area contributed by atoms with Gasteiger partial charge in [-0.2, -0.15) is 0 Å². The number of ether oxygens (including phenoxy) is 1. The van der Waals surface area contributed by atoms with Gasteiger partial charge in [0.2, 0.25) is 7.37 Å². The minimum absolute atomic E-state index is 0.0352. The van der Waals surface area contributed by atoms with Crippen molar-refractivity contribution in [1.82, 2.24) is 5.32 Å². The van der Waals surface area contributed by atoms with Crippen molar-refractivity contribution in [3.8, 4) is 17.2 Å². The fourth-order valence-electron chi connectivity index (χ4n) is 2.89. The normalized spacial score (nSPS) is 12.8. The van der Waals surface area contributed by atoms with Gasteiger partial charge >= 0.3 is 5.97 Å². The molecule has 29 heavy (non-hydrogen) atoms. The molecule has 0 fully saturated rings. The molecule has 0 aliphatic rings. The summed E-state index contributed by atoms with van der Waals surface area (Å²) in [4.78, 5) is 32.3. The average molecular weight is 417 g/mol. The molecule has 0 saturated carbocycles. The van der Waals surface area contributed by atoms with Crippen molar-refractivity contribution in [2.24, 2.45) is 0 Å². The lowest BCUT2D eigenvalue weighted by atomic mass is 9.84. The lowest BCUT2D eigenvalue weighted by molar-refractivity contribution is -0.136. The molecule has 0 aliphatic carbocycles. The molecule has 1 amide bonds. The minimum Gasteiger partial charge on any atom is -0.507 e. The number of benzene rings is 2. The Morgan fingerprint density at radius 1 is 1.17 bits per heavy atom. The van der Waals surface area contributed by atoms with E-state index >= 15 is 0 Å². The summed E-state index contributed by atoms with van der Waals surface area (Å²) in [6.45, 7) is 1.24. The largest absolute Gasteiger partial charge is 0.507 e. The first-order valence-electron chi connectivity index (χ1n) is 8.86. The van der Waals surface area contributed by atoms with Gasteiger partial charge in [0.1, 0.15) is 32.9 Å². The predicted octanol–water partition coefficient (Wildman–Crippen LogP) is -0.694. The second kappa shape index (κ2) is 9.20. The third-order valence-electron chi connectivity index (χ3n) is 4.05. The highest BCUT2D eigenvalue weighted by Crippen LogP contribution is 2.39. The van der Waals surface area contributed by atoms with Crippen LogP contribution in [0.3, 0.4) is 0 Å². The fourth-order valence-corrected chi connectivity index (χ4v) is 3.75. The third kappa shape index (κ3) is 6.69. The Hall–Kier alpha value is -2.70. The highest BCUT2D eigenvalue weighted by atomic mass is 31.2. The minimum atomic E-state index is -3.20. The van der Waals surface area contributed by atoms with E-state index in [0.717, 1.165) is 16.5 Å². The van der Waals surface area contributed by atoms with E-state index in [9.17, 15) is 24.2 Å². The Morgan fingerprint density at radius 3 is 2.34 bits per heavy atom. The second-order valence-electron chi connectivity index (χ2n) is 6.95. The van der Waals surface area contributed by atoms with Crippen LogP contribution in [0.5, 0.6) is 17.2 Å². The first-order chi connectivity index (χ1) is 13.5. The molecule has 8 nitrogen and oxygen atoms in total. The van der Waals surface area contributed by atoms with Crippen molar-refractivity contribution >= 4 is 45.9 Å². The first-order valence-corrected chi connectivity index (χ1v) is 11.2. The van der Waals surface area contributed by atoms with Gasteiger partial charge in [0.05, 0.1) is 12.0 Å². The van der Waals surface area contributed by atoms with E-state index in [1.54, 1.807) is 12.1 Å². The predicted molar refractivity (Wildman–Crippen MR) is 115 cm³/mol. The van der Waals surface area contributed by atoms with E-state index in [1.807, 2.05) is 15.7 Å². The number of carbonyl (C=O) groups is 2. The molecule has 0 saturated heterocycles. The number of phenols is 1. The molecule has 152 valence electrons. The third-order valence-corrected chi connectivity index (χ3v) is 5.00. The van der Waals surface area contributed by atoms with E-state index < -0.39 is 19.2 Å². The highest BCUT2D eigenvalue weighted by molar-refractivity contribution is 7.56. The first kappa shape index (κ1) is 22.6. The van der Waals surface area contributed by atoms with E-state index in [4.69, 9.17) is 9.84 Å². The fraction of sp³-hybridized carbons (Fsp3) is 0.222. The van der Waals surface area contributed by atoms with Gasteiger partial charge in [-0.25, -0.2) is 0 Å². The molecule has 1 atom stereocenters. The van der Waals surface area contributed by atoms with Crippen LogP contribution >= 0.6 is 7.37 Å². The average Bonchev–Trinajstić information content (AvgIpc) is 2.57. The topological polar surface area (TPSA) is 133 Å². The van der Waals surface area contributed by atoms with Gasteiger partial charge in [0.25, 0.3) is 5.91 Å². The Balaban J connectivity index is 2.23. The number of aromatic hydroxyl groups is 1. The number of hydrogen-bond donors (Lipinski definition) is 4. The molecule has 11 heteroatoms. The zero-order valence-corrected chi connectivity index (χ0v) is 17.3. The quantitative estimate of drug-likeness (QED) is 0.330. The molecular weight excluding hydrogens is 395 g/mol. The maximum atomic E-state index is 12.2. The summed E-state index contributed by atoms with van der Waals surface area (Å²) in [5.41, 5.74) is 2.21. The molecule has 1 unspecified atom stereocenters. The van der Waals surface area contributed by atoms with Crippen molar-refractivity contribution < 1.29 is 34.0 Å². The van der Waals surface area contributed by atoms with Crippen LogP contribution in [0, 0.1) is 0 Å². The SMILES string of the molecule is Bc1cc(CP(C)(=O)O)cc(B)c1Oc1ccc(O)c(C(=O)NCCC(=O)O)c1. The zero-order valence-electron chi connectivity index (χ0n) is 16.4. The summed E-state index contributed by atoms with van der Waals surface area (Å²) in [6, 6.07) is 7.74. The Morgan fingerprint density at radius 2 is 1.79 bits per heavy atom. The van der Waals surface area contributed by atoms with Crippen LogP contribution in [0.1, 0.15) is 22.3 Å². The molecule has 0 bridgehead atoms. The number of rotatable bonds is 8. The van der Waals surface area contributed by atoms with Crippen molar-refractivity contribution in [3.05, 3.63) is 41.5 Å². The summed E-state index contributed by atoms with van der Waals surface area (Å²) in [5.74, 6) is -1.05. The molecule has 2 aromatic carbocycles. The smallest absolute Gasteiger partial charge is 0.305 e. The van der Waals surface area contributed by atoms with Gasteiger partial charge in [-0.3, -0.25) is 14.2 Å². The van der Waals surface area contributed by atoms with E-state index in [2.05, 4.69) is 5.32 Å². The van der Waals surface area contributed by atoms with Crippen LogP contribution in [0.4, 0.5) is 0 Å². The number of aliphatic carboxylic acids is 1. The van der Waals surface area contributed by atoms with Crippen LogP contribution in [-0.4, -0.2) is 55.9 Å². The Kier molecular flexibility index (Phi) is 7.16. The highest BCUT2D eigenvalue weighted by Gasteiger charge is 2.16. The van der Waals surface area contributed by atoms with Crippen LogP contribution in [0.15, 0.2) is 30.3 Å². The maximum Gasteiger partial charge on any atom is 0.305 e. The number of hydrogen-bond acceptors (Lipinski definition) is 5. The summed E-state index contributed by atoms with van der Waals surface area (Å²) in [7, 11) is 0.421. The summed E-state index contributed by atoms with van der Waals surface area (Å²) in [6.07, 6.45) is -0.166. The molecule has 0 radical (unpaired) electrons. The number of nitrogens with one attached hydrogen (secondary N) is 1. The number of carboxylic acid groups (broad SMARTS) is 1. The van der Waals surface area contributed by atoms with E-state index in [1.165, 1.54) is 24.9 Å². The van der Waals surface area contributed by atoms with Crippen molar-refractivity contribution in [2.75, 3.05) is 13.2 Å². The molecule has 0 aliphatic heterocycles. The summed E-state index contributed by atoms with van der Waals surface area (Å²) in [5, 5.41) is 21.0. The molecular formula is C18H22B2NO7P. The molecule has 0 spiro atoms. The molecule has 2 rings (SSSR count). The van der Waals surface area contributed by atoms with E-state index in [0.29, 0.717) is 11.5 Å². The monoisotopic (exact) mass is 417 g/mol. The Labute approximate surface area is 170 Å². The molecule has 4 N–H and O–H groups in total. The van der Waals surface area contributed by atoms with Gasteiger partial charge in [-0.05, 0) is 34.7 Å². The standard InChI is InChI=1S/C18H22B2NO7P/c1-29(26,27)9-10-6-13(19)17(14(20)7-10)28-11-2-3-15(22)12(8-11)18(25)21-5-4-16(23)24/h2-3,6-8,22H,4-5,9,19-20H2,1H3,(H,21,25)(H,23,24)(H,26,27). The van der Waals surface area contributed by atoms with Crippen molar-refractivity contribution in [2.45, 2.75) is 12.6 Å². The summed E-state index contributed by atoms with van der Waals surface area (Å²) >= 11 is 0. The van der Waals surface area contributed by atoms with E-state index in [-0.39, 0.29) is 30.4 Å². The number of carboxylic acids is 1. The number of amides is 1. The van der Waals surface area contributed by atoms with Gasteiger partial charge < -0.3 is 25.2 Å². The van der Waals surface area contributed by atoms with Gasteiger partial charge in [-0.15, -0.1) is 0 Å². The lowest BCUT2D eigenvalue weighted by Crippen LogP contribution is -2.26. The van der Waals surface area contributed by atoms with Crippen molar-refractivity contribution in [3.63, 3.8) is 0 Å². The number of carbonyl (C=O) groups excluding carboxylic acids is 1. The summed E-state index contributed by atoms with van der Waals surface area (Å²) < 4.78 is 17.6.